The van der Waals surface area contributed by atoms with Gasteiger partial charge in [0.1, 0.15) is 0 Å². The predicted octanol–water partition coefficient (Wildman–Crippen LogP) is 1.92. The zero-order chi connectivity index (χ0) is 9.14. The maximum atomic E-state index is 5.95. The molecule has 1 aromatic carbocycles. The van der Waals surface area contributed by atoms with Crippen LogP contribution < -0.4 is 11.5 Å². The first-order valence-electron chi connectivity index (χ1n) is 4.22. The quantitative estimate of drug-likeness (QED) is 0.656. The van der Waals surface area contributed by atoms with Crippen LogP contribution >= 0.6 is 0 Å². The molecule has 0 aliphatic rings. The molecule has 4 N–H and O–H groups in total. The summed E-state index contributed by atoms with van der Waals surface area (Å²) in [5.41, 5.74) is 13.5. The largest absolute Gasteiger partial charge is 0.399 e. The SMILES string of the molecule is CC(C)C(N)c1cccc(N)c1. The Bertz CT molecular complexity index is 256. The van der Waals surface area contributed by atoms with Gasteiger partial charge < -0.3 is 11.5 Å². The second kappa shape index (κ2) is 3.59. The molecular weight excluding hydrogens is 148 g/mol. The second-order valence-electron chi connectivity index (χ2n) is 3.44. The first kappa shape index (κ1) is 9.07. The highest BCUT2D eigenvalue weighted by Crippen LogP contribution is 2.20. The maximum Gasteiger partial charge on any atom is 0.0318 e. The summed E-state index contributed by atoms with van der Waals surface area (Å²) in [6.07, 6.45) is 0. The molecular formula is C10H16N2. The minimum Gasteiger partial charge on any atom is -0.399 e. The molecule has 66 valence electrons. The molecule has 0 heterocycles. The summed E-state index contributed by atoms with van der Waals surface area (Å²) in [5, 5.41) is 0. The third-order valence-electron chi connectivity index (χ3n) is 2.01. The zero-order valence-corrected chi connectivity index (χ0v) is 7.62. The Labute approximate surface area is 73.6 Å². The highest BCUT2D eigenvalue weighted by atomic mass is 14.6. The van der Waals surface area contributed by atoms with Gasteiger partial charge in [-0.2, -0.15) is 0 Å². The molecule has 0 aliphatic heterocycles. The molecule has 0 fully saturated rings. The fraction of sp³-hybridized carbons (Fsp3) is 0.400. The van der Waals surface area contributed by atoms with Crippen molar-refractivity contribution in [1.29, 1.82) is 0 Å². The molecule has 0 aromatic heterocycles. The van der Waals surface area contributed by atoms with E-state index in [9.17, 15) is 0 Å². The fourth-order valence-electron chi connectivity index (χ4n) is 1.15. The highest BCUT2D eigenvalue weighted by Gasteiger charge is 2.09. The first-order valence-corrected chi connectivity index (χ1v) is 4.22. The van der Waals surface area contributed by atoms with Gasteiger partial charge in [0.15, 0.2) is 0 Å². The topological polar surface area (TPSA) is 52.0 Å². The average molecular weight is 164 g/mol. The molecule has 12 heavy (non-hydrogen) atoms. The van der Waals surface area contributed by atoms with Gasteiger partial charge in [0.2, 0.25) is 0 Å². The average Bonchev–Trinajstić information content (AvgIpc) is 2.03. The molecule has 1 unspecified atom stereocenters. The lowest BCUT2D eigenvalue weighted by Crippen LogP contribution is -2.16. The Morgan fingerprint density at radius 3 is 2.42 bits per heavy atom. The van der Waals surface area contributed by atoms with E-state index in [0.717, 1.165) is 11.3 Å². The van der Waals surface area contributed by atoms with Gasteiger partial charge >= 0.3 is 0 Å². The van der Waals surface area contributed by atoms with Crippen molar-refractivity contribution in [3.8, 4) is 0 Å². The van der Waals surface area contributed by atoms with Crippen molar-refractivity contribution >= 4 is 5.69 Å². The normalized spacial score (nSPS) is 13.3. The summed E-state index contributed by atoms with van der Waals surface area (Å²) < 4.78 is 0. The van der Waals surface area contributed by atoms with Crippen LogP contribution in [-0.2, 0) is 0 Å². The minimum absolute atomic E-state index is 0.0912. The van der Waals surface area contributed by atoms with Crippen molar-refractivity contribution in [2.24, 2.45) is 11.7 Å². The van der Waals surface area contributed by atoms with E-state index in [4.69, 9.17) is 11.5 Å². The molecule has 0 spiro atoms. The summed E-state index contributed by atoms with van der Waals surface area (Å²) >= 11 is 0. The van der Waals surface area contributed by atoms with Gasteiger partial charge in [0.05, 0.1) is 0 Å². The third-order valence-corrected chi connectivity index (χ3v) is 2.01. The molecule has 0 aliphatic carbocycles. The second-order valence-corrected chi connectivity index (χ2v) is 3.44. The summed E-state index contributed by atoms with van der Waals surface area (Å²) in [7, 11) is 0. The van der Waals surface area contributed by atoms with E-state index >= 15 is 0 Å². The Morgan fingerprint density at radius 1 is 1.25 bits per heavy atom. The number of benzene rings is 1. The number of rotatable bonds is 2. The summed E-state index contributed by atoms with van der Waals surface area (Å²) in [6, 6.07) is 7.85. The monoisotopic (exact) mass is 164 g/mol. The van der Waals surface area contributed by atoms with Gasteiger partial charge in [-0.3, -0.25) is 0 Å². The number of hydrogen-bond acceptors (Lipinski definition) is 2. The number of nitrogens with two attached hydrogens (primary N) is 2. The van der Waals surface area contributed by atoms with Gasteiger partial charge in [0.25, 0.3) is 0 Å². The van der Waals surface area contributed by atoms with Crippen molar-refractivity contribution in [2.45, 2.75) is 19.9 Å². The van der Waals surface area contributed by atoms with Crippen molar-refractivity contribution in [2.75, 3.05) is 5.73 Å². The lowest BCUT2D eigenvalue weighted by molar-refractivity contribution is 0.514. The third kappa shape index (κ3) is 1.98. The van der Waals surface area contributed by atoms with E-state index in [-0.39, 0.29) is 6.04 Å². The Balaban J connectivity index is 2.88. The Hall–Kier alpha value is -1.02. The van der Waals surface area contributed by atoms with Crippen LogP contribution in [0.1, 0.15) is 25.5 Å². The lowest BCUT2D eigenvalue weighted by atomic mass is 9.97. The summed E-state index contributed by atoms with van der Waals surface area (Å²) in [6.45, 7) is 4.21. The van der Waals surface area contributed by atoms with E-state index in [1.165, 1.54) is 0 Å². The van der Waals surface area contributed by atoms with Crippen molar-refractivity contribution in [3.63, 3.8) is 0 Å². The van der Waals surface area contributed by atoms with E-state index in [0.29, 0.717) is 5.92 Å². The van der Waals surface area contributed by atoms with E-state index in [1.807, 2.05) is 24.3 Å². The van der Waals surface area contributed by atoms with Gasteiger partial charge in [-0.1, -0.05) is 26.0 Å². The van der Waals surface area contributed by atoms with Crippen molar-refractivity contribution < 1.29 is 0 Å². The molecule has 1 aromatic rings. The van der Waals surface area contributed by atoms with Crippen LogP contribution in [0.2, 0.25) is 0 Å². The highest BCUT2D eigenvalue weighted by molar-refractivity contribution is 5.41. The molecule has 0 saturated carbocycles. The number of anilines is 1. The fourth-order valence-corrected chi connectivity index (χ4v) is 1.15. The maximum absolute atomic E-state index is 5.95. The van der Waals surface area contributed by atoms with Crippen LogP contribution in [0.3, 0.4) is 0 Å². The molecule has 0 radical (unpaired) electrons. The molecule has 0 bridgehead atoms. The zero-order valence-electron chi connectivity index (χ0n) is 7.62. The van der Waals surface area contributed by atoms with Crippen molar-refractivity contribution in [3.05, 3.63) is 29.8 Å². The van der Waals surface area contributed by atoms with Crippen LogP contribution in [0.5, 0.6) is 0 Å². The van der Waals surface area contributed by atoms with Gasteiger partial charge in [-0.25, -0.2) is 0 Å². The summed E-state index contributed by atoms with van der Waals surface area (Å²) in [5.74, 6) is 0.451. The first-order chi connectivity index (χ1) is 5.61. The van der Waals surface area contributed by atoms with Crippen LogP contribution in [0, 0.1) is 5.92 Å². The van der Waals surface area contributed by atoms with Crippen molar-refractivity contribution in [1.82, 2.24) is 0 Å². The lowest BCUT2D eigenvalue weighted by Gasteiger charge is -2.15. The molecule has 1 atom stereocenters. The molecule has 1 rings (SSSR count). The number of nitrogen functional groups attached to an aromatic ring is 1. The Kier molecular flexibility index (Phi) is 2.71. The van der Waals surface area contributed by atoms with Crippen LogP contribution in [0.4, 0.5) is 5.69 Å². The van der Waals surface area contributed by atoms with Crippen LogP contribution in [0.15, 0.2) is 24.3 Å². The summed E-state index contributed by atoms with van der Waals surface area (Å²) in [4.78, 5) is 0. The minimum atomic E-state index is 0.0912. The van der Waals surface area contributed by atoms with Gasteiger partial charge in [0, 0.05) is 11.7 Å². The molecule has 0 saturated heterocycles. The molecule has 2 nitrogen and oxygen atoms in total. The molecule has 2 heteroatoms. The van der Waals surface area contributed by atoms with Gasteiger partial charge in [-0.15, -0.1) is 0 Å². The van der Waals surface area contributed by atoms with E-state index in [1.54, 1.807) is 0 Å². The molecule has 0 amide bonds. The van der Waals surface area contributed by atoms with Gasteiger partial charge in [-0.05, 0) is 23.6 Å². The Morgan fingerprint density at radius 2 is 1.92 bits per heavy atom. The van der Waals surface area contributed by atoms with Crippen LogP contribution in [-0.4, -0.2) is 0 Å². The smallest absolute Gasteiger partial charge is 0.0318 e. The van der Waals surface area contributed by atoms with E-state index in [2.05, 4.69) is 13.8 Å². The number of hydrogen-bond donors (Lipinski definition) is 2. The standard InChI is InChI=1S/C10H16N2/c1-7(2)10(12)8-4-3-5-9(11)6-8/h3-7,10H,11-12H2,1-2H3. The predicted molar refractivity (Wildman–Crippen MR) is 52.6 cm³/mol. The van der Waals surface area contributed by atoms with E-state index < -0.39 is 0 Å². The van der Waals surface area contributed by atoms with Crippen LogP contribution in [0.25, 0.3) is 0 Å².